The van der Waals surface area contributed by atoms with E-state index in [1.807, 2.05) is 30.3 Å². The van der Waals surface area contributed by atoms with Crippen molar-refractivity contribution in [2.45, 2.75) is 6.61 Å². The molecule has 0 saturated carbocycles. The summed E-state index contributed by atoms with van der Waals surface area (Å²) >= 11 is 5.08. The van der Waals surface area contributed by atoms with Crippen LogP contribution in [0.2, 0.25) is 0 Å². The quantitative estimate of drug-likeness (QED) is 0.583. The van der Waals surface area contributed by atoms with Gasteiger partial charge in [0.05, 0.1) is 11.4 Å². The van der Waals surface area contributed by atoms with Crippen molar-refractivity contribution in [2.24, 2.45) is 10.2 Å². The Hall–Kier alpha value is -2.20. The summed E-state index contributed by atoms with van der Waals surface area (Å²) in [7, 11) is 0. The van der Waals surface area contributed by atoms with Gasteiger partial charge in [-0.2, -0.15) is 10.2 Å². The smallest absolute Gasteiger partial charge is 0.404 e. The number of hydrogen-bond acceptors (Lipinski definition) is 4. The lowest BCUT2D eigenvalue weighted by Gasteiger charge is -2.00. The molecule has 0 saturated heterocycles. The molecule has 0 radical (unpaired) electrons. The Morgan fingerprint density at radius 3 is 2.11 bits per heavy atom. The molecule has 5 heteroatoms. The van der Waals surface area contributed by atoms with Crippen LogP contribution in [-0.2, 0) is 11.3 Å². The summed E-state index contributed by atoms with van der Waals surface area (Å²) < 4.78 is 4.67. The number of nitrogens with zero attached hydrogens (tertiary/aromatic N) is 2. The van der Waals surface area contributed by atoms with Crippen molar-refractivity contribution in [3.63, 3.8) is 0 Å². The van der Waals surface area contributed by atoms with Gasteiger partial charge in [-0.3, -0.25) is 0 Å². The molecule has 0 heterocycles. The first-order valence-electron chi connectivity index (χ1n) is 5.62. The lowest BCUT2D eigenvalue weighted by atomic mass is 10.2. The van der Waals surface area contributed by atoms with Crippen molar-refractivity contribution in [3.8, 4) is 0 Å². The third-order valence-electron chi connectivity index (χ3n) is 2.33. The molecule has 0 aliphatic heterocycles. The highest BCUT2D eigenvalue weighted by atomic mass is 35.5. The molecule has 0 N–H and O–H groups in total. The van der Waals surface area contributed by atoms with Gasteiger partial charge < -0.3 is 4.74 Å². The van der Waals surface area contributed by atoms with Crippen LogP contribution in [0.3, 0.4) is 0 Å². The highest BCUT2D eigenvalue weighted by molar-refractivity contribution is 6.61. The SMILES string of the molecule is O=C(Cl)OCc1ccc(N=Nc2ccccc2)cc1. The first kappa shape index (κ1) is 13.2. The Balaban J connectivity index is 1.99. The highest BCUT2D eigenvalue weighted by Gasteiger charge is 1.98. The third-order valence-corrected chi connectivity index (χ3v) is 2.43. The van der Waals surface area contributed by atoms with Gasteiger partial charge >= 0.3 is 5.43 Å². The van der Waals surface area contributed by atoms with Crippen LogP contribution in [-0.4, -0.2) is 5.43 Å². The fourth-order valence-electron chi connectivity index (χ4n) is 1.41. The van der Waals surface area contributed by atoms with Gasteiger partial charge in [0.2, 0.25) is 0 Å². The molecule has 2 aromatic carbocycles. The maximum absolute atomic E-state index is 10.5. The van der Waals surface area contributed by atoms with Crippen molar-refractivity contribution in [2.75, 3.05) is 0 Å². The Morgan fingerprint density at radius 1 is 0.947 bits per heavy atom. The Kier molecular flexibility index (Phi) is 4.64. The summed E-state index contributed by atoms with van der Waals surface area (Å²) in [5, 5.41) is 8.20. The molecule has 4 nitrogen and oxygen atoms in total. The van der Waals surface area contributed by atoms with E-state index in [-0.39, 0.29) is 6.61 Å². The molecule has 0 bridgehead atoms. The lowest BCUT2D eigenvalue weighted by Crippen LogP contribution is -1.93. The average Bonchev–Trinajstić information content (AvgIpc) is 2.45. The summed E-state index contributed by atoms with van der Waals surface area (Å²) in [6.45, 7) is 0.151. The molecular formula is C14H11ClN2O2. The van der Waals surface area contributed by atoms with Gasteiger partial charge in [-0.1, -0.05) is 30.3 Å². The number of ether oxygens (including phenoxy) is 1. The molecule has 96 valence electrons. The van der Waals surface area contributed by atoms with Gasteiger partial charge in [-0.25, -0.2) is 4.79 Å². The molecule has 2 aromatic rings. The number of carbonyl (C=O) groups is 1. The highest BCUT2D eigenvalue weighted by Crippen LogP contribution is 2.18. The Morgan fingerprint density at radius 2 is 1.53 bits per heavy atom. The number of benzene rings is 2. The van der Waals surface area contributed by atoms with Gasteiger partial charge in [-0.15, -0.1) is 0 Å². The molecule has 0 unspecified atom stereocenters. The summed E-state index contributed by atoms with van der Waals surface area (Å²) in [5.74, 6) is 0. The molecule has 0 spiro atoms. The summed E-state index contributed by atoms with van der Waals surface area (Å²) in [5.41, 5.74) is 1.55. The van der Waals surface area contributed by atoms with E-state index in [1.165, 1.54) is 0 Å². The monoisotopic (exact) mass is 274 g/mol. The maximum atomic E-state index is 10.5. The third kappa shape index (κ3) is 4.52. The number of rotatable bonds is 4. The lowest BCUT2D eigenvalue weighted by molar-refractivity contribution is 0.167. The standard InChI is InChI=1S/C14H11ClN2O2/c15-14(18)19-10-11-6-8-13(9-7-11)17-16-12-4-2-1-3-5-12/h1-9H,10H2. The second-order valence-corrected chi connectivity index (χ2v) is 4.04. The molecule has 0 atom stereocenters. The molecular weight excluding hydrogens is 264 g/mol. The zero-order chi connectivity index (χ0) is 13.5. The van der Waals surface area contributed by atoms with Crippen molar-refractivity contribution in [1.29, 1.82) is 0 Å². The van der Waals surface area contributed by atoms with Crippen LogP contribution in [0.15, 0.2) is 64.8 Å². The Bertz CT molecular complexity index is 568. The van der Waals surface area contributed by atoms with E-state index in [9.17, 15) is 4.79 Å². The second kappa shape index (κ2) is 6.66. The minimum absolute atomic E-state index is 0.151. The summed E-state index contributed by atoms with van der Waals surface area (Å²) in [6.07, 6.45) is 0. The number of carbonyl (C=O) groups excluding carboxylic acids is 1. The van der Waals surface area contributed by atoms with E-state index < -0.39 is 5.43 Å². The molecule has 0 aliphatic carbocycles. The maximum Gasteiger partial charge on any atom is 0.404 e. The van der Waals surface area contributed by atoms with Crippen LogP contribution in [0.1, 0.15) is 5.56 Å². The normalized spacial score (nSPS) is 10.6. The summed E-state index contributed by atoms with van der Waals surface area (Å²) in [4.78, 5) is 10.5. The molecule has 2 rings (SSSR count). The van der Waals surface area contributed by atoms with Gasteiger partial charge in [0.1, 0.15) is 6.61 Å². The van der Waals surface area contributed by atoms with E-state index in [1.54, 1.807) is 24.3 Å². The number of azo groups is 1. The number of hydrogen-bond donors (Lipinski definition) is 0. The zero-order valence-corrected chi connectivity index (χ0v) is 10.7. The van der Waals surface area contributed by atoms with Crippen LogP contribution in [0.4, 0.5) is 16.2 Å². The fourth-order valence-corrected chi connectivity index (χ4v) is 1.46. The molecule has 0 aromatic heterocycles. The molecule has 0 aliphatic rings. The molecule has 0 fully saturated rings. The van der Waals surface area contributed by atoms with E-state index in [0.717, 1.165) is 16.9 Å². The minimum atomic E-state index is -0.812. The molecule has 0 amide bonds. The first-order chi connectivity index (χ1) is 9.24. The topological polar surface area (TPSA) is 51.0 Å². The van der Waals surface area contributed by atoms with Crippen LogP contribution in [0, 0.1) is 0 Å². The van der Waals surface area contributed by atoms with Gasteiger partial charge in [0.15, 0.2) is 0 Å². The van der Waals surface area contributed by atoms with Crippen LogP contribution >= 0.6 is 11.6 Å². The number of halogens is 1. The van der Waals surface area contributed by atoms with Crippen molar-refractivity contribution in [1.82, 2.24) is 0 Å². The van der Waals surface area contributed by atoms with E-state index in [0.29, 0.717) is 0 Å². The predicted octanol–water partition coefficient (Wildman–Crippen LogP) is 4.98. The van der Waals surface area contributed by atoms with Gasteiger partial charge in [-0.05, 0) is 29.8 Å². The van der Waals surface area contributed by atoms with Gasteiger partial charge in [0, 0.05) is 11.6 Å². The fraction of sp³-hybridized carbons (Fsp3) is 0.0714. The van der Waals surface area contributed by atoms with E-state index in [2.05, 4.69) is 15.0 Å². The second-order valence-electron chi connectivity index (χ2n) is 3.73. The predicted molar refractivity (Wildman–Crippen MR) is 73.1 cm³/mol. The van der Waals surface area contributed by atoms with Crippen LogP contribution < -0.4 is 0 Å². The Labute approximate surface area is 115 Å². The van der Waals surface area contributed by atoms with Crippen molar-refractivity contribution >= 4 is 28.4 Å². The van der Waals surface area contributed by atoms with Crippen molar-refractivity contribution < 1.29 is 9.53 Å². The van der Waals surface area contributed by atoms with E-state index >= 15 is 0 Å². The summed E-state index contributed by atoms with van der Waals surface area (Å²) in [6, 6.07) is 16.7. The zero-order valence-electron chi connectivity index (χ0n) is 9.99. The minimum Gasteiger partial charge on any atom is -0.449 e. The van der Waals surface area contributed by atoms with Gasteiger partial charge in [0.25, 0.3) is 0 Å². The van der Waals surface area contributed by atoms with Crippen LogP contribution in [0.5, 0.6) is 0 Å². The average molecular weight is 275 g/mol. The largest absolute Gasteiger partial charge is 0.449 e. The van der Waals surface area contributed by atoms with E-state index in [4.69, 9.17) is 11.6 Å². The molecule has 19 heavy (non-hydrogen) atoms. The van der Waals surface area contributed by atoms with Crippen LogP contribution in [0.25, 0.3) is 0 Å². The first-order valence-corrected chi connectivity index (χ1v) is 6.00. The van der Waals surface area contributed by atoms with Crippen molar-refractivity contribution in [3.05, 3.63) is 60.2 Å².